The lowest BCUT2D eigenvalue weighted by Crippen LogP contribution is -2.38. The van der Waals surface area contributed by atoms with E-state index in [1.807, 2.05) is 6.92 Å². The third-order valence-electron chi connectivity index (χ3n) is 5.24. The maximum atomic E-state index is 15.6. The number of esters is 1. The molecule has 0 saturated carbocycles. The summed E-state index contributed by atoms with van der Waals surface area (Å²) in [6.07, 6.45) is -1.83. The number of benzene rings is 1. The molecule has 12 nitrogen and oxygen atoms in total. The molecule has 234 valence electrons. The number of anilines is 1. The number of rotatable bonds is 10. The van der Waals surface area contributed by atoms with Gasteiger partial charge in [0.05, 0.1) is 25.4 Å². The van der Waals surface area contributed by atoms with Crippen molar-refractivity contribution >= 4 is 46.7 Å². The van der Waals surface area contributed by atoms with Crippen LogP contribution in [0.2, 0.25) is 0 Å². The van der Waals surface area contributed by atoms with E-state index in [1.54, 1.807) is 48.5 Å². The molecule has 0 aliphatic carbocycles. The highest BCUT2D eigenvalue weighted by molar-refractivity contribution is 8.15. The number of ether oxygens (including phenoxy) is 4. The predicted octanol–water partition coefficient (Wildman–Crippen LogP) is 5.33. The van der Waals surface area contributed by atoms with Gasteiger partial charge < -0.3 is 24.3 Å². The molecule has 0 bridgehead atoms. The van der Waals surface area contributed by atoms with E-state index in [-0.39, 0.29) is 36.0 Å². The van der Waals surface area contributed by atoms with Gasteiger partial charge in [-0.25, -0.2) is 24.2 Å². The molecule has 1 fully saturated rings. The summed E-state index contributed by atoms with van der Waals surface area (Å²) in [5.41, 5.74) is 0.983. The van der Waals surface area contributed by atoms with E-state index in [4.69, 9.17) is 18.9 Å². The summed E-state index contributed by atoms with van der Waals surface area (Å²) < 4.78 is 36.4. The molecule has 1 aliphatic rings. The van der Waals surface area contributed by atoms with Crippen molar-refractivity contribution in [2.75, 3.05) is 24.6 Å². The number of amides is 3. The molecule has 1 aromatic rings. The van der Waals surface area contributed by atoms with Crippen LogP contribution in [0.25, 0.3) is 0 Å². The summed E-state index contributed by atoms with van der Waals surface area (Å²) in [6.45, 7) is 14.1. The highest BCUT2D eigenvalue weighted by atomic mass is 32.2. The molecule has 0 aromatic heterocycles. The van der Waals surface area contributed by atoms with Gasteiger partial charge in [-0.3, -0.25) is 9.69 Å². The van der Waals surface area contributed by atoms with Crippen LogP contribution in [-0.4, -0.2) is 71.5 Å². The zero-order valence-electron chi connectivity index (χ0n) is 25.4. The molecule has 2 N–H and O–H groups in total. The van der Waals surface area contributed by atoms with Gasteiger partial charge >= 0.3 is 24.2 Å². The fourth-order valence-corrected chi connectivity index (χ4v) is 4.78. The van der Waals surface area contributed by atoms with E-state index in [0.29, 0.717) is 12.8 Å². The van der Waals surface area contributed by atoms with E-state index < -0.39 is 52.6 Å². The molecule has 1 saturated heterocycles. The van der Waals surface area contributed by atoms with Gasteiger partial charge in [-0.1, -0.05) is 25.1 Å². The highest BCUT2D eigenvalue weighted by Crippen LogP contribution is 2.29. The number of hydrazone groups is 1. The maximum Gasteiger partial charge on any atom is 0.428 e. The van der Waals surface area contributed by atoms with Crippen molar-refractivity contribution in [3.63, 3.8) is 0 Å². The summed E-state index contributed by atoms with van der Waals surface area (Å²) in [7, 11) is 0. The predicted molar refractivity (Wildman–Crippen MR) is 157 cm³/mol. The lowest BCUT2D eigenvalue weighted by atomic mass is 10.2. The van der Waals surface area contributed by atoms with Gasteiger partial charge in [0.25, 0.3) is 0 Å². The van der Waals surface area contributed by atoms with Crippen molar-refractivity contribution in [2.45, 2.75) is 90.8 Å². The van der Waals surface area contributed by atoms with E-state index in [9.17, 15) is 19.2 Å². The van der Waals surface area contributed by atoms with Crippen LogP contribution in [-0.2, 0) is 23.7 Å². The maximum absolute atomic E-state index is 15.6. The van der Waals surface area contributed by atoms with E-state index in [1.165, 1.54) is 17.0 Å². The van der Waals surface area contributed by atoms with Gasteiger partial charge in [0.1, 0.15) is 33.4 Å². The Kier molecular flexibility index (Phi) is 12.4. The normalized spacial score (nSPS) is 16.4. The second kappa shape index (κ2) is 15.1. The second-order valence-corrected chi connectivity index (χ2v) is 12.5. The molecular weight excluding hydrogens is 571 g/mol. The van der Waals surface area contributed by atoms with Crippen LogP contribution in [0.4, 0.5) is 24.5 Å². The van der Waals surface area contributed by atoms with E-state index >= 15 is 4.39 Å². The Bertz CT molecular complexity index is 1170. The minimum Gasteiger partial charge on any atom is -0.465 e. The van der Waals surface area contributed by atoms with Crippen LogP contribution < -0.4 is 15.6 Å². The zero-order valence-corrected chi connectivity index (χ0v) is 26.2. The monoisotopic (exact) mass is 612 g/mol. The smallest absolute Gasteiger partial charge is 0.428 e. The number of alkyl carbamates (subject to hydrolysis) is 1. The van der Waals surface area contributed by atoms with E-state index in [0.717, 1.165) is 17.8 Å². The number of hydrogen-bond acceptors (Lipinski definition) is 10. The fraction of sp³-hybridized carbons (Fsp3) is 0.607. The van der Waals surface area contributed by atoms with Crippen molar-refractivity contribution < 1.29 is 42.5 Å². The fourth-order valence-electron chi connectivity index (χ4n) is 3.60. The van der Waals surface area contributed by atoms with Crippen LogP contribution in [0.5, 0.6) is 0 Å². The first-order valence-electron chi connectivity index (χ1n) is 13.7. The zero-order chi connectivity index (χ0) is 31.7. The largest absolute Gasteiger partial charge is 0.465 e. The number of carbonyl (C=O) groups excluding carboxylic acids is 4. The van der Waals surface area contributed by atoms with Gasteiger partial charge in [-0.05, 0) is 73.1 Å². The highest BCUT2D eigenvalue weighted by Gasteiger charge is 2.34. The minimum atomic E-state index is -0.855. The van der Waals surface area contributed by atoms with Gasteiger partial charge in [-0.2, -0.15) is 5.10 Å². The Morgan fingerprint density at radius 2 is 1.76 bits per heavy atom. The number of carbonyl (C=O) groups is 4. The minimum absolute atomic E-state index is 0.00811. The average molecular weight is 613 g/mol. The molecule has 0 radical (unpaired) electrons. The van der Waals surface area contributed by atoms with Gasteiger partial charge in [0.15, 0.2) is 0 Å². The molecular formula is C28H41FN4O8S. The van der Waals surface area contributed by atoms with Crippen LogP contribution in [0.3, 0.4) is 0 Å². The summed E-state index contributed by atoms with van der Waals surface area (Å²) in [4.78, 5) is 50.5. The van der Waals surface area contributed by atoms with Crippen LogP contribution >= 0.6 is 11.8 Å². The van der Waals surface area contributed by atoms with Crippen molar-refractivity contribution in [3.05, 3.63) is 29.6 Å². The molecule has 1 aliphatic heterocycles. The molecule has 0 spiro atoms. The van der Waals surface area contributed by atoms with Crippen LogP contribution in [0, 0.1) is 5.82 Å². The van der Waals surface area contributed by atoms with Crippen LogP contribution in [0.15, 0.2) is 23.3 Å². The number of thioether (sulfide) groups is 1. The Balaban J connectivity index is 2.27. The lowest BCUT2D eigenvalue weighted by Gasteiger charge is -2.20. The van der Waals surface area contributed by atoms with Crippen molar-refractivity contribution in [1.82, 2.24) is 10.7 Å². The summed E-state index contributed by atoms with van der Waals surface area (Å²) in [5, 5.41) is 5.93. The lowest BCUT2D eigenvalue weighted by molar-refractivity contribution is -0.142. The Labute approximate surface area is 250 Å². The first-order valence-corrected chi connectivity index (χ1v) is 14.6. The average Bonchev–Trinajstić information content (AvgIpc) is 3.23. The summed E-state index contributed by atoms with van der Waals surface area (Å²) >= 11 is 0.950. The standard InChI is InChI=1S/C28H41FN4O8S/c1-9-11-21(23(34)38-10-2)42-22(31-32-25(36)41-28(6,7)8)19-13-12-17(14-20(19)29)33-16-18(39-26(33)37)15-30-24(35)40-27(3,4)5/h12-14,18,21H,9-11,15-16H2,1-8H3,(H,30,35)(H,32,36)/t18-,21?/m1/s1. The third kappa shape index (κ3) is 11.4. The van der Waals surface area contributed by atoms with Crippen LogP contribution in [0.1, 0.15) is 73.8 Å². The molecule has 2 rings (SSSR count). The molecule has 14 heteroatoms. The Morgan fingerprint density at radius 3 is 2.33 bits per heavy atom. The summed E-state index contributed by atoms with van der Waals surface area (Å²) in [6, 6.07) is 4.01. The number of halogens is 1. The number of nitrogens with zero attached hydrogens (tertiary/aromatic N) is 2. The molecule has 3 amide bonds. The molecule has 42 heavy (non-hydrogen) atoms. The SMILES string of the molecule is CCCC(SC(=NNC(=O)OC(C)(C)C)c1ccc(N2C[C@@H](CNC(=O)OC(C)(C)C)OC2=O)cc1F)C(=O)OCC. The Hall–Kier alpha value is -3.55. The number of cyclic esters (lactones) is 1. The first kappa shape index (κ1) is 34.7. The molecule has 2 atom stereocenters. The van der Waals surface area contributed by atoms with Crippen molar-refractivity contribution in [2.24, 2.45) is 5.10 Å². The van der Waals surface area contributed by atoms with Gasteiger partial charge in [-0.15, -0.1) is 0 Å². The topological polar surface area (TPSA) is 145 Å². The Morgan fingerprint density at radius 1 is 1.12 bits per heavy atom. The number of nitrogens with one attached hydrogen (secondary N) is 2. The quantitative estimate of drug-likeness (QED) is 0.118. The molecule has 1 aromatic carbocycles. The first-order chi connectivity index (χ1) is 19.5. The van der Waals surface area contributed by atoms with Gasteiger partial charge in [0.2, 0.25) is 0 Å². The van der Waals surface area contributed by atoms with E-state index in [2.05, 4.69) is 15.8 Å². The second-order valence-electron chi connectivity index (χ2n) is 11.3. The van der Waals surface area contributed by atoms with Crippen molar-refractivity contribution in [3.8, 4) is 0 Å². The van der Waals surface area contributed by atoms with Gasteiger partial charge in [0, 0.05) is 5.56 Å². The summed E-state index contributed by atoms with van der Waals surface area (Å²) in [5.74, 6) is -1.25. The third-order valence-corrected chi connectivity index (χ3v) is 6.49. The van der Waals surface area contributed by atoms with Crippen molar-refractivity contribution in [1.29, 1.82) is 0 Å². The molecule has 1 heterocycles. The molecule has 1 unspecified atom stereocenters. The number of hydrogen-bond donors (Lipinski definition) is 2.